The van der Waals surface area contributed by atoms with Crippen molar-refractivity contribution < 1.29 is 0 Å². The quantitative estimate of drug-likeness (QED) is 0.821. The van der Waals surface area contributed by atoms with E-state index in [4.69, 9.17) is 5.73 Å². The topological polar surface area (TPSA) is 43.8 Å². The summed E-state index contributed by atoms with van der Waals surface area (Å²) in [5, 5.41) is 0. The van der Waals surface area contributed by atoms with Crippen LogP contribution in [0.2, 0.25) is 0 Å². The van der Waals surface area contributed by atoms with E-state index in [0.717, 1.165) is 19.5 Å². The lowest BCUT2D eigenvalue weighted by Gasteiger charge is -2.13. The van der Waals surface area contributed by atoms with Crippen molar-refractivity contribution in [1.82, 2.24) is 9.55 Å². The maximum absolute atomic E-state index is 5.61. The van der Waals surface area contributed by atoms with Crippen molar-refractivity contribution in [3.05, 3.63) is 17.7 Å². The van der Waals surface area contributed by atoms with E-state index in [-0.39, 0.29) is 0 Å². The molecule has 84 valence electrons. The molecule has 1 aromatic heterocycles. The zero-order valence-corrected chi connectivity index (χ0v) is 9.58. The fraction of sp³-hybridized carbons (Fsp3) is 0.750. The maximum Gasteiger partial charge on any atom is 0.111 e. The van der Waals surface area contributed by atoms with Crippen LogP contribution in [0.15, 0.2) is 6.20 Å². The van der Waals surface area contributed by atoms with Crippen LogP contribution < -0.4 is 5.73 Å². The molecule has 15 heavy (non-hydrogen) atoms. The Balaban J connectivity index is 2.22. The Kier molecular flexibility index (Phi) is 3.41. The van der Waals surface area contributed by atoms with Gasteiger partial charge in [-0.15, -0.1) is 0 Å². The van der Waals surface area contributed by atoms with Gasteiger partial charge in [-0.2, -0.15) is 0 Å². The van der Waals surface area contributed by atoms with Crippen molar-refractivity contribution in [3.8, 4) is 0 Å². The minimum Gasteiger partial charge on any atom is -0.332 e. The largest absolute Gasteiger partial charge is 0.332 e. The first-order chi connectivity index (χ1) is 7.36. The third kappa shape index (κ3) is 2.07. The number of rotatable bonds is 4. The van der Waals surface area contributed by atoms with E-state index in [0.29, 0.717) is 5.92 Å². The first-order valence-corrected chi connectivity index (χ1v) is 6.11. The molecule has 2 rings (SSSR count). The summed E-state index contributed by atoms with van der Waals surface area (Å²) in [5.41, 5.74) is 6.91. The average molecular weight is 207 g/mol. The van der Waals surface area contributed by atoms with Gasteiger partial charge in [0.15, 0.2) is 0 Å². The summed E-state index contributed by atoms with van der Waals surface area (Å²) in [7, 11) is 0. The Labute approximate surface area is 91.7 Å². The SMILES string of the molecule is CCn1c(CCN)cnc1C1CCCC1. The van der Waals surface area contributed by atoms with Crippen LogP contribution in [-0.2, 0) is 13.0 Å². The van der Waals surface area contributed by atoms with Gasteiger partial charge < -0.3 is 10.3 Å². The normalized spacial score (nSPS) is 17.5. The zero-order chi connectivity index (χ0) is 10.7. The van der Waals surface area contributed by atoms with E-state index in [1.165, 1.54) is 37.2 Å². The zero-order valence-electron chi connectivity index (χ0n) is 9.58. The van der Waals surface area contributed by atoms with E-state index >= 15 is 0 Å². The Hall–Kier alpha value is -0.830. The molecular weight excluding hydrogens is 186 g/mol. The molecule has 0 atom stereocenters. The van der Waals surface area contributed by atoms with Crippen molar-refractivity contribution in [3.63, 3.8) is 0 Å². The molecule has 3 heteroatoms. The van der Waals surface area contributed by atoms with Gasteiger partial charge in [-0.25, -0.2) is 4.98 Å². The predicted molar refractivity (Wildman–Crippen MR) is 61.9 cm³/mol. The fourth-order valence-electron chi connectivity index (χ4n) is 2.65. The van der Waals surface area contributed by atoms with Gasteiger partial charge in [-0.1, -0.05) is 12.8 Å². The van der Waals surface area contributed by atoms with Crippen LogP contribution in [0.4, 0.5) is 0 Å². The highest BCUT2D eigenvalue weighted by molar-refractivity contribution is 5.11. The second-order valence-corrected chi connectivity index (χ2v) is 4.37. The highest BCUT2D eigenvalue weighted by atomic mass is 15.1. The third-order valence-electron chi connectivity index (χ3n) is 3.41. The molecule has 0 radical (unpaired) electrons. The van der Waals surface area contributed by atoms with Crippen molar-refractivity contribution >= 4 is 0 Å². The van der Waals surface area contributed by atoms with Crippen LogP contribution in [-0.4, -0.2) is 16.1 Å². The van der Waals surface area contributed by atoms with Crippen molar-refractivity contribution in [2.45, 2.75) is 51.5 Å². The average Bonchev–Trinajstić information content (AvgIpc) is 2.85. The molecule has 1 aliphatic carbocycles. The van der Waals surface area contributed by atoms with Crippen LogP contribution in [0.3, 0.4) is 0 Å². The molecular formula is C12H21N3. The van der Waals surface area contributed by atoms with Gasteiger partial charge in [0.05, 0.1) is 0 Å². The van der Waals surface area contributed by atoms with Crippen molar-refractivity contribution in [2.75, 3.05) is 6.54 Å². The summed E-state index contributed by atoms with van der Waals surface area (Å²) in [4.78, 5) is 4.60. The van der Waals surface area contributed by atoms with E-state index in [9.17, 15) is 0 Å². The highest BCUT2D eigenvalue weighted by Crippen LogP contribution is 2.33. The Morgan fingerprint density at radius 1 is 1.47 bits per heavy atom. The molecule has 1 aliphatic rings. The lowest BCUT2D eigenvalue weighted by atomic mass is 10.1. The smallest absolute Gasteiger partial charge is 0.111 e. The summed E-state index contributed by atoms with van der Waals surface area (Å²) in [5.74, 6) is 2.01. The Morgan fingerprint density at radius 2 is 2.20 bits per heavy atom. The first kappa shape index (κ1) is 10.7. The first-order valence-electron chi connectivity index (χ1n) is 6.11. The number of aromatic nitrogens is 2. The number of hydrogen-bond acceptors (Lipinski definition) is 2. The van der Waals surface area contributed by atoms with Gasteiger partial charge in [-0.05, 0) is 26.3 Å². The molecule has 0 amide bonds. The van der Waals surface area contributed by atoms with Crippen molar-refractivity contribution in [2.24, 2.45) is 5.73 Å². The van der Waals surface area contributed by atoms with Crippen molar-refractivity contribution in [1.29, 1.82) is 0 Å². The van der Waals surface area contributed by atoms with Crippen LogP contribution in [0, 0.1) is 0 Å². The molecule has 0 spiro atoms. The molecule has 2 N–H and O–H groups in total. The molecule has 1 fully saturated rings. The third-order valence-corrected chi connectivity index (χ3v) is 3.41. The molecule has 0 unspecified atom stereocenters. The van der Waals surface area contributed by atoms with Crippen LogP contribution >= 0.6 is 0 Å². The number of nitrogens with two attached hydrogens (primary N) is 1. The van der Waals surface area contributed by atoms with Gasteiger partial charge in [0, 0.05) is 30.8 Å². The van der Waals surface area contributed by atoms with E-state index < -0.39 is 0 Å². The second-order valence-electron chi connectivity index (χ2n) is 4.37. The molecule has 0 aliphatic heterocycles. The number of nitrogens with zero attached hydrogens (tertiary/aromatic N) is 2. The van der Waals surface area contributed by atoms with Gasteiger partial charge in [0.25, 0.3) is 0 Å². The summed E-state index contributed by atoms with van der Waals surface area (Å²) in [6.45, 7) is 3.94. The minimum atomic E-state index is 0.705. The van der Waals surface area contributed by atoms with E-state index in [1.807, 2.05) is 6.20 Å². The van der Waals surface area contributed by atoms with Crippen LogP contribution in [0.25, 0.3) is 0 Å². The second kappa shape index (κ2) is 4.79. The fourth-order valence-corrected chi connectivity index (χ4v) is 2.65. The van der Waals surface area contributed by atoms with Gasteiger partial charge in [-0.3, -0.25) is 0 Å². The van der Waals surface area contributed by atoms with Gasteiger partial charge >= 0.3 is 0 Å². The molecule has 1 aromatic rings. The lowest BCUT2D eigenvalue weighted by molar-refractivity contribution is 0.585. The standard InChI is InChI=1S/C12H21N3/c1-2-15-11(7-8-13)9-14-12(15)10-5-3-4-6-10/h9-10H,2-8,13H2,1H3. The maximum atomic E-state index is 5.61. The summed E-state index contributed by atoms with van der Waals surface area (Å²) in [6, 6.07) is 0. The van der Waals surface area contributed by atoms with E-state index in [2.05, 4.69) is 16.5 Å². The van der Waals surface area contributed by atoms with Gasteiger partial charge in [0.1, 0.15) is 5.82 Å². The molecule has 1 saturated carbocycles. The van der Waals surface area contributed by atoms with Gasteiger partial charge in [0.2, 0.25) is 0 Å². The molecule has 1 heterocycles. The summed E-state index contributed by atoms with van der Waals surface area (Å²) < 4.78 is 2.36. The summed E-state index contributed by atoms with van der Waals surface area (Å²) in [6.07, 6.45) is 8.34. The molecule has 0 aromatic carbocycles. The number of imidazole rings is 1. The van der Waals surface area contributed by atoms with Crippen LogP contribution in [0.1, 0.15) is 50.0 Å². The summed E-state index contributed by atoms with van der Waals surface area (Å²) >= 11 is 0. The molecule has 0 bridgehead atoms. The number of hydrogen-bond donors (Lipinski definition) is 1. The van der Waals surface area contributed by atoms with Crippen LogP contribution in [0.5, 0.6) is 0 Å². The predicted octanol–water partition coefficient (Wildman–Crippen LogP) is 2.06. The Bertz CT molecular complexity index is 311. The minimum absolute atomic E-state index is 0.705. The molecule has 0 saturated heterocycles. The lowest BCUT2D eigenvalue weighted by Crippen LogP contribution is -2.12. The highest BCUT2D eigenvalue weighted by Gasteiger charge is 2.22. The Morgan fingerprint density at radius 3 is 2.80 bits per heavy atom. The molecule has 3 nitrogen and oxygen atoms in total. The van der Waals surface area contributed by atoms with E-state index in [1.54, 1.807) is 0 Å². The monoisotopic (exact) mass is 207 g/mol.